The Morgan fingerprint density at radius 1 is 0.930 bits per heavy atom. The number of unbranched alkanes of at least 4 members (excludes halogenated alkanes) is 2. The van der Waals surface area contributed by atoms with E-state index in [1.807, 2.05) is 41.3 Å². The van der Waals surface area contributed by atoms with Gasteiger partial charge in [0.15, 0.2) is 23.0 Å². The molecule has 3 aliphatic rings. The van der Waals surface area contributed by atoms with E-state index < -0.39 is 11.9 Å². The van der Waals surface area contributed by atoms with Gasteiger partial charge in [0, 0.05) is 31.6 Å². The molecule has 0 aliphatic carbocycles. The van der Waals surface area contributed by atoms with Crippen molar-refractivity contribution in [1.29, 1.82) is 0 Å². The van der Waals surface area contributed by atoms with E-state index in [9.17, 15) is 14.7 Å². The molecule has 0 aromatic heterocycles. The van der Waals surface area contributed by atoms with Crippen molar-refractivity contribution in [3.05, 3.63) is 47.5 Å². The highest BCUT2D eigenvalue weighted by molar-refractivity contribution is 5.79. The standard InChI is InChI=1S/C33H45N3O7/c1-4-5-16-35(17-7-6-15-34(2)3)30(37)20-36-19-25(24-12-14-27-29(18-24)42-21-40-27)31(33(38)39)26(36)13-11-23-9-8-10-28-32(23)43-22-41-28/h8-10,12,14,18,25-26,31H,4-7,11,13,15-17,19-22H2,1-3H3,(H,38,39)/t25-,26-,31+/m1/s1. The van der Waals surface area contributed by atoms with Crippen molar-refractivity contribution < 1.29 is 33.6 Å². The number of carboxylic acid groups (broad SMARTS) is 1. The molecule has 1 N–H and O–H groups in total. The molecule has 43 heavy (non-hydrogen) atoms. The summed E-state index contributed by atoms with van der Waals surface area (Å²) in [6, 6.07) is 11.2. The van der Waals surface area contributed by atoms with Crippen LogP contribution in [-0.4, -0.2) is 98.1 Å². The third-order valence-electron chi connectivity index (χ3n) is 8.80. The number of amides is 1. The summed E-state index contributed by atoms with van der Waals surface area (Å²) in [6.45, 7) is 5.56. The largest absolute Gasteiger partial charge is 0.481 e. The van der Waals surface area contributed by atoms with Gasteiger partial charge in [0.2, 0.25) is 19.5 Å². The minimum absolute atomic E-state index is 0.0658. The van der Waals surface area contributed by atoms with Crippen molar-refractivity contribution in [1.82, 2.24) is 14.7 Å². The second-order valence-corrected chi connectivity index (χ2v) is 12.0. The predicted octanol–water partition coefficient (Wildman–Crippen LogP) is 4.22. The number of benzene rings is 2. The molecule has 5 rings (SSSR count). The molecule has 1 saturated heterocycles. The maximum Gasteiger partial charge on any atom is 0.308 e. The summed E-state index contributed by atoms with van der Waals surface area (Å²) >= 11 is 0. The highest BCUT2D eigenvalue weighted by Crippen LogP contribution is 2.44. The number of carbonyl (C=O) groups excluding carboxylic acids is 1. The van der Waals surface area contributed by atoms with Gasteiger partial charge >= 0.3 is 5.97 Å². The average molecular weight is 596 g/mol. The maximum absolute atomic E-state index is 13.8. The van der Waals surface area contributed by atoms with E-state index in [4.69, 9.17) is 18.9 Å². The number of carbonyl (C=O) groups is 2. The van der Waals surface area contributed by atoms with E-state index in [2.05, 4.69) is 30.8 Å². The highest BCUT2D eigenvalue weighted by atomic mass is 16.7. The lowest BCUT2D eigenvalue weighted by molar-refractivity contribution is -0.143. The van der Waals surface area contributed by atoms with E-state index in [1.165, 1.54) is 0 Å². The molecule has 1 fully saturated rings. The van der Waals surface area contributed by atoms with Crippen LogP contribution in [-0.2, 0) is 16.0 Å². The summed E-state index contributed by atoms with van der Waals surface area (Å²) in [6.07, 6.45) is 5.11. The number of aryl methyl sites for hydroxylation is 1. The molecule has 10 nitrogen and oxygen atoms in total. The fraction of sp³-hybridized carbons (Fsp3) is 0.576. The Balaban J connectivity index is 1.38. The molecule has 3 aliphatic heterocycles. The Bertz CT molecular complexity index is 1270. The summed E-state index contributed by atoms with van der Waals surface area (Å²) < 4.78 is 22.4. The van der Waals surface area contributed by atoms with Gasteiger partial charge in [-0.2, -0.15) is 0 Å². The van der Waals surface area contributed by atoms with E-state index in [1.54, 1.807) is 0 Å². The SMILES string of the molecule is CCCCN(CCCCN(C)C)C(=O)CN1C[C@H](c2ccc3c(c2)OCO3)[C@H](C(=O)O)[C@H]1CCc1cccc2c1OCO2. The number of nitrogens with zero attached hydrogens (tertiary/aromatic N) is 3. The second-order valence-electron chi connectivity index (χ2n) is 12.0. The Morgan fingerprint density at radius 3 is 2.47 bits per heavy atom. The number of para-hydroxylation sites is 1. The van der Waals surface area contributed by atoms with Gasteiger partial charge in [-0.05, 0) is 82.1 Å². The smallest absolute Gasteiger partial charge is 0.308 e. The fourth-order valence-electron chi connectivity index (χ4n) is 6.54. The van der Waals surface area contributed by atoms with Crippen LogP contribution in [0.2, 0.25) is 0 Å². The minimum Gasteiger partial charge on any atom is -0.481 e. The van der Waals surface area contributed by atoms with E-state index in [0.717, 1.165) is 55.6 Å². The van der Waals surface area contributed by atoms with Crippen LogP contribution in [0.15, 0.2) is 36.4 Å². The Kier molecular flexibility index (Phi) is 10.3. The van der Waals surface area contributed by atoms with Gasteiger partial charge in [-0.15, -0.1) is 0 Å². The second kappa shape index (κ2) is 14.3. The Labute approximate surface area is 254 Å². The molecular formula is C33H45N3O7. The molecule has 3 heterocycles. The molecule has 234 valence electrons. The van der Waals surface area contributed by atoms with Crippen LogP contribution >= 0.6 is 0 Å². The summed E-state index contributed by atoms with van der Waals surface area (Å²) in [7, 11) is 4.12. The van der Waals surface area contributed by atoms with Crippen molar-refractivity contribution in [3.63, 3.8) is 0 Å². The highest BCUT2D eigenvalue weighted by Gasteiger charge is 2.47. The molecule has 0 spiro atoms. The summed E-state index contributed by atoms with van der Waals surface area (Å²) in [5.74, 6) is 0.964. The number of carboxylic acids is 1. The lowest BCUT2D eigenvalue weighted by Crippen LogP contribution is -2.45. The van der Waals surface area contributed by atoms with Crippen molar-refractivity contribution in [2.24, 2.45) is 5.92 Å². The van der Waals surface area contributed by atoms with Gasteiger partial charge in [-0.25, -0.2) is 0 Å². The predicted molar refractivity (Wildman–Crippen MR) is 162 cm³/mol. The third kappa shape index (κ3) is 7.36. The quantitative estimate of drug-likeness (QED) is 0.304. The average Bonchev–Trinajstić information content (AvgIpc) is 3.73. The van der Waals surface area contributed by atoms with Crippen LogP contribution < -0.4 is 18.9 Å². The molecule has 2 aromatic carbocycles. The molecule has 3 atom stereocenters. The first kappa shape index (κ1) is 30.9. The normalized spacial score (nSPS) is 20.6. The van der Waals surface area contributed by atoms with Crippen LogP contribution in [0.25, 0.3) is 0 Å². The van der Waals surface area contributed by atoms with Gasteiger partial charge in [-0.3, -0.25) is 14.5 Å². The zero-order valence-electron chi connectivity index (χ0n) is 25.6. The Morgan fingerprint density at radius 2 is 1.67 bits per heavy atom. The van der Waals surface area contributed by atoms with E-state index in [0.29, 0.717) is 43.2 Å². The van der Waals surface area contributed by atoms with Crippen LogP contribution in [0.3, 0.4) is 0 Å². The van der Waals surface area contributed by atoms with Crippen molar-refractivity contribution in [2.75, 3.05) is 60.4 Å². The summed E-state index contributed by atoms with van der Waals surface area (Å²) in [5, 5.41) is 10.6. The molecule has 0 radical (unpaired) electrons. The lowest BCUT2D eigenvalue weighted by atomic mass is 9.83. The zero-order chi connectivity index (χ0) is 30.3. The van der Waals surface area contributed by atoms with Crippen LogP contribution in [0, 0.1) is 5.92 Å². The molecule has 10 heteroatoms. The number of rotatable bonds is 15. The summed E-state index contributed by atoms with van der Waals surface area (Å²) in [5.41, 5.74) is 1.88. The van der Waals surface area contributed by atoms with E-state index in [-0.39, 0.29) is 38.0 Å². The number of aliphatic carboxylic acids is 1. The van der Waals surface area contributed by atoms with Crippen LogP contribution in [0.5, 0.6) is 23.0 Å². The molecule has 0 bridgehead atoms. The molecular weight excluding hydrogens is 550 g/mol. The van der Waals surface area contributed by atoms with Gasteiger partial charge in [0.1, 0.15) is 0 Å². The van der Waals surface area contributed by atoms with Gasteiger partial charge in [0.05, 0.1) is 12.5 Å². The number of ether oxygens (including phenoxy) is 4. The lowest BCUT2D eigenvalue weighted by Gasteiger charge is -2.30. The van der Waals surface area contributed by atoms with Gasteiger partial charge < -0.3 is 33.9 Å². The molecule has 1 amide bonds. The topological polar surface area (TPSA) is 101 Å². The van der Waals surface area contributed by atoms with Gasteiger partial charge in [-0.1, -0.05) is 31.5 Å². The number of likely N-dealkylation sites (tertiary alicyclic amines) is 1. The zero-order valence-corrected chi connectivity index (χ0v) is 25.6. The monoisotopic (exact) mass is 595 g/mol. The molecule has 0 saturated carbocycles. The van der Waals surface area contributed by atoms with Gasteiger partial charge in [0.25, 0.3) is 0 Å². The number of hydrogen-bond donors (Lipinski definition) is 1. The summed E-state index contributed by atoms with van der Waals surface area (Å²) in [4.78, 5) is 33.0. The minimum atomic E-state index is -0.855. The molecule has 0 unspecified atom stereocenters. The van der Waals surface area contributed by atoms with E-state index >= 15 is 0 Å². The Hall–Kier alpha value is -3.50. The fourth-order valence-corrected chi connectivity index (χ4v) is 6.54. The first-order chi connectivity index (χ1) is 20.9. The van der Waals surface area contributed by atoms with Crippen molar-refractivity contribution >= 4 is 11.9 Å². The maximum atomic E-state index is 13.8. The van der Waals surface area contributed by atoms with Crippen LogP contribution in [0.1, 0.15) is 56.1 Å². The first-order valence-electron chi connectivity index (χ1n) is 15.5. The number of hydrogen-bond acceptors (Lipinski definition) is 8. The number of fused-ring (bicyclic) bond motifs is 2. The van der Waals surface area contributed by atoms with Crippen molar-refractivity contribution in [3.8, 4) is 23.0 Å². The molecule has 2 aromatic rings. The van der Waals surface area contributed by atoms with Crippen LogP contribution in [0.4, 0.5) is 0 Å². The van der Waals surface area contributed by atoms with Crippen molar-refractivity contribution in [2.45, 2.75) is 57.4 Å². The first-order valence-corrected chi connectivity index (χ1v) is 15.5. The third-order valence-corrected chi connectivity index (χ3v) is 8.80.